The van der Waals surface area contributed by atoms with Crippen molar-refractivity contribution in [1.82, 2.24) is 30.8 Å². The number of β-lactam (4-membered cyclic amide) rings is 1. The number of nitrogens with one attached hydrogen (secondary N) is 2. The lowest BCUT2D eigenvalue weighted by Crippen LogP contribution is -2.71. The molecule has 1 fully saturated rings. The molecule has 0 saturated carbocycles. The minimum absolute atomic E-state index is 0.0248. The molecule has 0 bridgehead atoms. The summed E-state index contributed by atoms with van der Waals surface area (Å²) in [5.74, 6) is -1.74. The Labute approximate surface area is 184 Å². The molecule has 30 heavy (non-hydrogen) atoms. The van der Waals surface area contributed by atoms with E-state index in [1.165, 1.54) is 39.8 Å². The molecule has 2 amide bonds. The number of carboxylic acids is 1. The van der Waals surface area contributed by atoms with Gasteiger partial charge in [0.05, 0.1) is 4.88 Å². The van der Waals surface area contributed by atoms with Crippen LogP contribution in [-0.2, 0) is 25.6 Å². The number of carbonyl (C=O) groups excluding carboxylic acids is 2. The number of rotatable bonds is 7. The molecule has 3 N–H and O–H groups in total. The van der Waals surface area contributed by atoms with Crippen LogP contribution in [0, 0.1) is 0 Å². The number of nitrogens with zero attached hydrogens (tertiary/aromatic N) is 4. The number of tetrazole rings is 1. The highest BCUT2D eigenvalue weighted by molar-refractivity contribution is 8.01. The van der Waals surface area contributed by atoms with E-state index in [4.69, 9.17) is 0 Å². The van der Waals surface area contributed by atoms with E-state index in [0.717, 1.165) is 0 Å². The fraction of sp³-hybridized carbons (Fsp3) is 0.267. The van der Waals surface area contributed by atoms with Crippen molar-refractivity contribution >= 4 is 68.8 Å². The summed E-state index contributed by atoms with van der Waals surface area (Å²) in [7, 11) is 0. The third-order valence-corrected chi connectivity index (χ3v) is 8.12. The molecule has 156 valence electrons. The second-order valence-corrected chi connectivity index (χ2v) is 9.56. The Morgan fingerprint density at radius 2 is 2.27 bits per heavy atom. The first-order chi connectivity index (χ1) is 14.5. The van der Waals surface area contributed by atoms with Crippen LogP contribution in [0.3, 0.4) is 0 Å². The van der Waals surface area contributed by atoms with Gasteiger partial charge in [-0.1, -0.05) is 17.8 Å². The van der Waals surface area contributed by atoms with Gasteiger partial charge in [-0.25, -0.2) is 9.00 Å². The third kappa shape index (κ3) is 3.80. The van der Waals surface area contributed by atoms with Crippen molar-refractivity contribution in [2.24, 2.45) is 0 Å². The van der Waals surface area contributed by atoms with Crippen LogP contribution < -0.4 is 5.32 Å². The van der Waals surface area contributed by atoms with E-state index in [1.807, 2.05) is 0 Å². The molecule has 1 unspecified atom stereocenters. The third-order valence-electron chi connectivity index (χ3n) is 4.27. The zero-order valence-electron chi connectivity index (χ0n) is 14.8. The Kier molecular flexibility index (Phi) is 6.03. The number of thioether (sulfide) groups is 2. The molecule has 2 aromatic heterocycles. The van der Waals surface area contributed by atoms with E-state index in [-0.39, 0.29) is 27.6 Å². The maximum absolute atomic E-state index is 12.7. The Morgan fingerprint density at radius 3 is 2.90 bits per heavy atom. The van der Waals surface area contributed by atoms with Gasteiger partial charge in [0.25, 0.3) is 11.8 Å². The summed E-state index contributed by atoms with van der Waals surface area (Å²) >= 11 is 3.86. The van der Waals surface area contributed by atoms with Crippen molar-refractivity contribution in [3.05, 3.63) is 33.7 Å². The van der Waals surface area contributed by atoms with Gasteiger partial charge in [0, 0.05) is 11.5 Å². The molecule has 15 heteroatoms. The standard InChI is InChI=1S/C15H12N6O5S4/c22-11(10(30-26)7-2-1-3-27-7)16-8-12(23)21-9(14(24)25)6(4-28-13(8)21)5-29-15-17-19-20-18-15/h1-3,8,13H,4-5H2,(H,16,22)(H,24,25)(H,17,18,19,20)/t8?,13-/m1/s1. The highest BCUT2D eigenvalue weighted by Crippen LogP contribution is 2.41. The molecule has 11 nitrogen and oxygen atoms in total. The summed E-state index contributed by atoms with van der Waals surface area (Å²) in [6.07, 6.45) is 0. The Hall–Kier alpha value is -2.49. The topological polar surface area (TPSA) is 158 Å². The van der Waals surface area contributed by atoms with Crippen LogP contribution in [-0.4, -0.2) is 80.4 Å². The Bertz CT molecular complexity index is 1080. The first kappa shape index (κ1) is 20.8. The number of fused-ring (bicyclic) bond motifs is 1. The van der Waals surface area contributed by atoms with E-state index in [0.29, 0.717) is 21.4 Å². The smallest absolute Gasteiger partial charge is 0.352 e. The second-order valence-electron chi connectivity index (χ2n) is 5.99. The van der Waals surface area contributed by atoms with Crippen molar-refractivity contribution in [1.29, 1.82) is 0 Å². The van der Waals surface area contributed by atoms with E-state index in [2.05, 4.69) is 25.9 Å². The first-order valence-electron chi connectivity index (χ1n) is 8.29. The van der Waals surface area contributed by atoms with Crippen LogP contribution in [0.4, 0.5) is 0 Å². The molecule has 0 aliphatic carbocycles. The number of thiophene rings is 1. The van der Waals surface area contributed by atoms with Crippen molar-refractivity contribution < 1.29 is 23.7 Å². The summed E-state index contributed by atoms with van der Waals surface area (Å²) in [4.78, 5) is 38.7. The van der Waals surface area contributed by atoms with Gasteiger partial charge in [0.1, 0.15) is 33.2 Å². The van der Waals surface area contributed by atoms with Crippen molar-refractivity contribution in [3.63, 3.8) is 0 Å². The van der Waals surface area contributed by atoms with Gasteiger partial charge in [-0.05, 0) is 22.2 Å². The number of carbonyl (C=O) groups is 3. The van der Waals surface area contributed by atoms with Crippen LogP contribution in [0.5, 0.6) is 0 Å². The molecular weight excluding hydrogens is 472 g/mol. The van der Waals surface area contributed by atoms with Gasteiger partial charge in [-0.2, -0.15) is 5.21 Å². The van der Waals surface area contributed by atoms with Crippen molar-refractivity contribution in [2.45, 2.75) is 16.6 Å². The van der Waals surface area contributed by atoms with Crippen molar-refractivity contribution in [2.75, 3.05) is 11.5 Å². The summed E-state index contributed by atoms with van der Waals surface area (Å²) < 4.78 is 11.4. The van der Waals surface area contributed by atoms with Crippen molar-refractivity contribution in [3.8, 4) is 0 Å². The van der Waals surface area contributed by atoms with Crippen LogP contribution in [0.2, 0.25) is 0 Å². The normalized spacial score (nSPS) is 20.4. The van der Waals surface area contributed by atoms with Gasteiger partial charge in [0.15, 0.2) is 0 Å². The molecular formula is C15H12N6O5S4. The maximum Gasteiger partial charge on any atom is 0.352 e. The highest BCUT2D eigenvalue weighted by Gasteiger charge is 2.54. The first-order valence-corrected chi connectivity index (χ1v) is 11.9. The average molecular weight is 485 g/mol. The Balaban J connectivity index is 1.49. The van der Waals surface area contributed by atoms with E-state index in [9.17, 15) is 23.7 Å². The number of carboxylic acid groups (broad SMARTS) is 1. The molecule has 2 aliphatic rings. The van der Waals surface area contributed by atoms with E-state index >= 15 is 0 Å². The summed E-state index contributed by atoms with van der Waals surface area (Å²) in [5, 5.41) is 27.2. The fourth-order valence-corrected chi connectivity index (χ4v) is 6.38. The van der Waals surface area contributed by atoms with Gasteiger partial charge >= 0.3 is 5.97 Å². The average Bonchev–Trinajstić information content (AvgIpc) is 3.44. The zero-order valence-corrected chi connectivity index (χ0v) is 18.1. The fourth-order valence-electron chi connectivity index (χ4n) is 2.97. The van der Waals surface area contributed by atoms with Crippen LogP contribution in [0.15, 0.2) is 33.9 Å². The van der Waals surface area contributed by atoms with Crippen LogP contribution >= 0.6 is 34.9 Å². The summed E-state index contributed by atoms with van der Waals surface area (Å²) in [6, 6.07) is 2.47. The van der Waals surface area contributed by atoms with Gasteiger partial charge in [-0.15, -0.1) is 33.3 Å². The quantitative estimate of drug-likeness (QED) is 0.203. The van der Waals surface area contributed by atoms with Gasteiger partial charge in [0.2, 0.25) is 5.16 Å². The number of aliphatic carboxylic acids is 1. The lowest BCUT2D eigenvalue weighted by molar-refractivity contribution is -0.150. The molecule has 2 aliphatic heterocycles. The maximum atomic E-state index is 12.7. The molecule has 2 atom stereocenters. The molecule has 0 spiro atoms. The van der Waals surface area contributed by atoms with Crippen LogP contribution in [0.1, 0.15) is 4.88 Å². The molecule has 2 aromatic rings. The lowest BCUT2D eigenvalue weighted by Gasteiger charge is -2.49. The van der Waals surface area contributed by atoms with Crippen LogP contribution in [0.25, 0.3) is 0 Å². The summed E-state index contributed by atoms with van der Waals surface area (Å²) in [5.41, 5.74) is 0.462. The lowest BCUT2D eigenvalue weighted by atomic mass is 10.0. The van der Waals surface area contributed by atoms with E-state index < -0.39 is 29.2 Å². The number of H-pyrrole nitrogens is 1. The number of hydrogen-bond acceptors (Lipinski definition) is 10. The zero-order chi connectivity index (χ0) is 21.3. The second kappa shape index (κ2) is 8.71. The Morgan fingerprint density at radius 1 is 1.43 bits per heavy atom. The monoisotopic (exact) mass is 484 g/mol. The number of hydrogen-bond donors (Lipinski definition) is 3. The van der Waals surface area contributed by atoms with Gasteiger partial charge in [-0.3, -0.25) is 14.5 Å². The molecule has 4 heterocycles. The summed E-state index contributed by atoms with van der Waals surface area (Å²) in [6.45, 7) is 0. The van der Waals surface area contributed by atoms with E-state index in [1.54, 1.807) is 17.5 Å². The highest BCUT2D eigenvalue weighted by atomic mass is 32.2. The predicted molar refractivity (Wildman–Crippen MR) is 111 cm³/mol. The van der Waals surface area contributed by atoms with Gasteiger partial charge < -0.3 is 10.4 Å². The number of aromatic amines is 1. The largest absolute Gasteiger partial charge is 0.477 e. The minimum Gasteiger partial charge on any atom is -0.477 e. The number of aromatic nitrogens is 4. The molecule has 0 aromatic carbocycles. The molecule has 4 rings (SSSR count). The minimum atomic E-state index is -1.22. The SMILES string of the molecule is O=S=C(C(=O)NC1C(=O)N2C(C(=O)O)=C(CSc3nn[nH]n3)CS[C@H]12)c1cccs1. The predicted octanol–water partition coefficient (Wildman–Crippen LogP) is -0.474. The number of amides is 2. The molecule has 0 radical (unpaired) electrons. The molecule has 1 saturated heterocycles.